The number of aliphatic hydroxyl groups excluding tert-OH is 1. The molecule has 2 nitrogen and oxygen atoms in total. The molecule has 94 valence electrons. The molecule has 0 bridgehead atoms. The van der Waals surface area contributed by atoms with Crippen LogP contribution < -0.4 is 56.2 Å². The Balaban J connectivity index is -0.000000529. The molecule has 4 heteroatoms. The first-order valence-corrected chi connectivity index (χ1v) is 6.89. The van der Waals surface area contributed by atoms with Gasteiger partial charge in [-0.25, -0.2) is 0 Å². The largest absolute Gasteiger partial charge is 1.00 e. The third kappa shape index (κ3) is 24.8. The van der Waals surface area contributed by atoms with Gasteiger partial charge in [0.2, 0.25) is 0 Å². The number of hydrogen-bond donors (Lipinski definition) is 1. The third-order valence-corrected chi connectivity index (χ3v) is 2.33. The number of aliphatic hydroxyl groups is 1. The van der Waals surface area contributed by atoms with Crippen LogP contribution in [0, 0.1) is 5.41 Å². The minimum Gasteiger partial charge on any atom is -0.865 e. The monoisotopic (exact) mass is 272 g/mol. The van der Waals surface area contributed by atoms with Crippen LogP contribution in [0.4, 0.5) is 0 Å². The van der Waals surface area contributed by atoms with Crippen molar-refractivity contribution in [2.75, 3.05) is 6.61 Å². The Morgan fingerprint density at radius 1 is 0.875 bits per heavy atom. The minimum absolute atomic E-state index is 0. The smallest absolute Gasteiger partial charge is 0.865 e. The van der Waals surface area contributed by atoms with Crippen LogP contribution in [0.2, 0.25) is 0 Å². The van der Waals surface area contributed by atoms with Crippen LogP contribution in [0.3, 0.4) is 0 Å². The maximum atomic E-state index is 8.58. The topological polar surface area (TPSA) is 43.3 Å². The van der Waals surface area contributed by atoms with E-state index in [0.29, 0.717) is 12.0 Å². The fourth-order valence-electron chi connectivity index (χ4n) is 1.47. The van der Waals surface area contributed by atoms with Crippen molar-refractivity contribution in [1.82, 2.24) is 0 Å². The summed E-state index contributed by atoms with van der Waals surface area (Å²) < 4.78 is 0. The first-order valence-electron chi connectivity index (χ1n) is 6.08. The summed E-state index contributed by atoms with van der Waals surface area (Å²) in [4.78, 5) is 8.39. The number of hydrogen-bond acceptors (Lipinski definition) is 2. The van der Waals surface area contributed by atoms with E-state index in [4.69, 9.17) is 9.90 Å². The predicted octanol–water partition coefficient (Wildman–Crippen LogP) is -1.61. The van der Waals surface area contributed by atoms with E-state index >= 15 is 0 Å². The zero-order chi connectivity index (χ0) is 12.2. The molecule has 0 fully saturated rings. The molecule has 0 aliphatic carbocycles. The molecule has 0 saturated heterocycles. The molecule has 0 unspecified atom stereocenters. The average molecular weight is 273 g/mol. The zero-order valence-electron chi connectivity index (χ0n) is 12.0. The summed E-state index contributed by atoms with van der Waals surface area (Å²) in [5.74, 6) is 0. The summed E-state index contributed by atoms with van der Waals surface area (Å²) in [5.41, 5.74) is 0.505. The average Bonchev–Trinajstić information content (AvgIpc) is 2.18. The molecule has 0 aliphatic rings. The minimum atomic E-state index is 0. The Kier molecular flexibility index (Phi) is 24.0. The van der Waals surface area contributed by atoms with E-state index in [0.717, 1.165) is 6.42 Å². The molecule has 1 N–H and O–H groups in total. The molecule has 0 radical (unpaired) electrons. The van der Waals surface area contributed by atoms with Gasteiger partial charge in [-0.05, 0) is 18.3 Å². The van der Waals surface area contributed by atoms with Gasteiger partial charge in [-0.15, -0.1) is 0 Å². The van der Waals surface area contributed by atoms with Gasteiger partial charge in [0.1, 0.15) is 0 Å². The molecule has 0 aromatic heterocycles. The van der Waals surface area contributed by atoms with Crippen LogP contribution in [0.25, 0.3) is 0 Å². The van der Waals surface area contributed by atoms with E-state index in [2.05, 4.69) is 20.8 Å². The Bertz CT molecular complexity index is 116. The molecular formula is C12H29KO2Si. The van der Waals surface area contributed by atoms with Gasteiger partial charge in [0.25, 0.3) is 0 Å². The quantitative estimate of drug-likeness (QED) is 0.447. The number of rotatable bonds is 7. The van der Waals surface area contributed by atoms with E-state index in [1.54, 1.807) is 0 Å². The Morgan fingerprint density at radius 3 is 1.62 bits per heavy atom. The summed E-state index contributed by atoms with van der Waals surface area (Å²) in [6, 6.07) is 0. The maximum Gasteiger partial charge on any atom is 1.00 e. The SMILES string of the molecule is CC(C)(C)CCCCCCCCO.[K+].[O-][SiH3]. The Labute approximate surface area is 148 Å². The maximum absolute atomic E-state index is 8.58. The predicted molar refractivity (Wildman–Crippen MR) is 68.8 cm³/mol. The van der Waals surface area contributed by atoms with Gasteiger partial charge < -0.3 is 9.90 Å². The molecule has 0 aliphatic heterocycles. The van der Waals surface area contributed by atoms with Crippen LogP contribution in [0.1, 0.15) is 65.7 Å². The van der Waals surface area contributed by atoms with Gasteiger partial charge in [-0.3, -0.25) is 0 Å². The van der Waals surface area contributed by atoms with Crippen molar-refractivity contribution < 1.29 is 61.3 Å². The van der Waals surface area contributed by atoms with Crippen LogP contribution in [-0.2, 0) is 0 Å². The molecule has 0 aromatic carbocycles. The molecule has 0 heterocycles. The Hall–Kier alpha value is 1.77. The number of unbranched alkanes of at least 4 members (excludes halogenated alkanes) is 5. The van der Waals surface area contributed by atoms with Crippen molar-refractivity contribution >= 4 is 10.5 Å². The van der Waals surface area contributed by atoms with Gasteiger partial charge in [0.05, 0.1) is 0 Å². The zero-order valence-corrected chi connectivity index (χ0v) is 17.1. The van der Waals surface area contributed by atoms with Crippen molar-refractivity contribution in [3.05, 3.63) is 0 Å². The summed E-state index contributed by atoms with van der Waals surface area (Å²) in [6.45, 7) is 7.28. The van der Waals surface area contributed by atoms with E-state index in [-0.39, 0.29) is 61.9 Å². The fraction of sp³-hybridized carbons (Fsp3) is 1.00. The van der Waals surface area contributed by atoms with Crippen LogP contribution in [0.5, 0.6) is 0 Å². The Morgan fingerprint density at radius 2 is 1.25 bits per heavy atom. The molecule has 16 heavy (non-hydrogen) atoms. The molecule has 0 saturated carbocycles. The fourth-order valence-corrected chi connectivity index (χ4v) is 1.47. The van der Waals surface area contributed by atoms with E-state index in [1.165, 1.54) is 38.5 Å². The third-order valence-electron chi connectivity index (χ3n) is 2.33. The van der Waals surface area contributed by atoms with Crippen LogP contribution >= 0.6 is 0 Å². The second kappa shape index (κ2) is 16.8. The van der Waals surface area contributed by atoms with Gasteiger partial charge in [-0.2, -0.15) is 0 Å². The van der Waals surface area contributed by atoms with Gasteiger partial charge >= 0.3 is 51.4 Å². The van der Waals surface area contributed by atoms with Crippen LogP contribution in [-0.4, -0.2) is 22.2 Å². The summed E-state index contributed by atoms with van der Waals surface area (Å²) in [5, 5.41) is 8.58. The second-order valence-electron chi connectivity index (χ2n) is 5.16. The van der Waals surface area contributed by atoms with Crippen molar-refractivity contribution in [1.29, 1.82) is 0 Å². The standard InChI is InChI=1S/C12H26O.K.H3OSi/c1-12(2,3)10-8-6-4-5-7-9-11-13;;1-2/h13H,4-11H2,1-3H3;;2H3/q;+1;-1. The van der Waals surface area contributed by atoms with Gasteiger partial charge in [0, 0.05) is 6.61 Å². The molecule has 0 rings (SSSR count). The molecule has 0 spiro atoms. The first-order chi connectivity index (χ1) is 7.06. The van der Waals surface area contributed by atoms with Gasteiger partial charge in [0.15, 0.2) is 0 Å². The van der Waals surface area contributed by atoms with E-state index < -0.39 is 0 Å². The van der Waals surface area contributed by atoms with Crippen LogP contribution in [0.15, 0.2) is 0 Å². The van der Waals surface area contributed by atoms with Gasteiger partial charge in [-0.1, -0.05) is 63.4 Å². The molecule has 0 amide bonds. The first kappa shape index (κ1) is 22.9. The molecule has 0 atom stereocenters. The van der Waals surface area contributed by atoms with E-state index in [1.807, 2.05) is 0 Å². The summed E-state index contributed by atoms with van der Waals surface area (Å²) in [7, 11) is 0.0556. The molecule has 0 aromatic rings. The summed E-state index contributed by atoms with van der Waals surface area (Å²) in [6.07, 6.45) is 8.89. The van der Waals surface area contributed by atoms with Crippen molar-refractivity contribution in [2.45, 2.75) is 65.7 Å². The van der Waals surface area contributed by atoms with E-state index in [9.17, 15) is 0 Å². The van der Waals surface area contributed by atoms with Crippen molar-refractivity contribution in [3.8, 4) is 0 Å². The van der Waals surface area contributed by atoms with Crippen molar-refractivity contribution in [2.24, 2.45) is 5.41 Å². The molecular weight excluding hydrogens is 243 g/mol. The van der Waals surface area contributed by atoms with Crippen molar-refractivity contribution in [3.63, 3.8) is 0 Å². The normalized spacial score (nSPS) is 10.3. The second-order valence-corrected chi connectivity index (χ2v) is 5.16. The summed E-state index contributed by atoms with van der Waals surface area (Å²) >= 11 is 0.